The van der Waals surface area contributed by atoms with Gasteiger partial charge in [0.05, 0.1) is 16.4 Å². The number of carbonyl (C=O) groups excluding carboxylic acids is 1. The third kappa shape index (κ3) is 6.90. The molecule has 0 saturated carbocycles. The fourth-order valence-electron chi connectivity index (χ4n) is 2.75. The van der Waals surface area contributed by atoms with Crippen LogP contribution >= 0.6 is 36.2 Å². The molecule has 1 atom stereocenters. The van der Waals surface area contributed by atoms with Crippen LogP contribution in [0.15, 0.2) is 29.8 Å². The molecule has 138 valence electrons. The van der Waals surface area contributed by atoms with Crippen LogP contribution in [0, 0.1) is 5.92 Å². The molecule has 3 heterocycles. The van der Waals surface area contributed by atoms with E-state index in [1.165, 1.54) is 6.42 Å². The van der Waals surface area contributed by atoms with E-state index in [9.17, 15) is 4.79 Å². The zero-order valence-electron chi connectivity index (χ0n) is 13.9. The summed E-state index contributed by atoms with van der Waals surface area (Å²) in [4.78, 5) is 20.7. The summed E-state index contributed by atoms with van der Waals surface area (Å²) in [5, 5.41) is 9.38. The van der Waals surface area contributed by atoms with Crippen LogP contribution in [0.3, 0.4) is 0 Å². The lowest BCUT2D eigenvalue weighted by Gasteiger charge is -2.08. The third-order valence-corrected chi connectivity index (χ3v) is 4.99. The van der Waals surface area contributed by atoms with E-state index in [4.69, 9.17) is 0 Å². The summed E-state index contributed by atoms with van der Waals surface area (Å²) in [6.07, 6.45) is 5.36. The summed E-state index contributed by atoms with van der Waals surface area (Å²) in [6.45, 7) is 2.80. The molecule has 0 bridgehead atoms. The second kappa shape index (κ2) is 11.4. The number of carbonyl (C=O) groups is 1. The monoisotopic (exact) mass is 402 g/mol. The second-order valence-corrected chi connectivity index (χ2v) is 6.78. The van der Waals surface area contributed by atoms with Crippen LogP contribution in [0.5, 0.6) is 0 Å². The SMILES string of the molecule is Cl.Cl.O=C(CCC1CCNC1)NCCc1nc(-c2ccccn2)cs1. The number of aromatic nitrogens is 2. The van der Waals surface area contributed by atoms with Gasteiger partial charge in [-0.25, -0.2) is 4.98 Å². The van der Waals surface area contributed by atoms with Crippen LogP contribution in [-0.4, -0.2) is 35.5 Å². The Bertz CT molecular complexity index is 633. The molecule has 8 heteroatoms. The maximum atomic E-state index is 11.9. The Morgan fingerprint density at radius 1 is 1.32 bits per heavy atom. The van der Waals surface area contributed by atoms with Gasteiger partial charge in [0, 0.05) is 31.0 Å². The Morgan fingerprint density at radius 3 is 2.92 bits per heavy atom. The highest BCUT2D eigenvalue weighted by Gasteiger charge is 2.15. The number of amides is 1. The van der Waals surface area contributed by atoms with Gasteiger partial charge in [0.25, 0.3) is 0 Å². The largest absolute Gasteiger partial charge is 0.356 e. The van der Waals surface area contributed by atoms with Crippen molar-refractivity contribution in [2.75, 3.05) is 19.6 Å². The molecule has 5 nitrogen and oxygen atoms in total. The van der Waals surface area contributed by atoms with E-state index in [1.807, 2.05) is 23.6 Å². The molecule has 2 N–H and O–H groups in total. The lowest BCUT2D eigenvalue weighted by atomic mass is 10.0. The molecule has 1 aliphatic rings. The molecule has 1 amide bonds. The average molecular weight is 403 g/mol. The van der Waals surface area contributed by atoms with E-state index in [-0.39, 0.29) is 30.7 Å². The first kappa shape index (κ1) is 21.8. The first-order valence-corrected chi connectivity index (χ1v) is 9.02. The van der Waals surface area contributed by atoms with Gasteiger partial charge < -0.3 is 10.6 Å². The van der Waals surface area contributed by atoms with Crippen molar-refractivity contribution in [1.82, 2.24) is 20.6 Å². The zero-order valence-corrected chi connectivity index (χ0v) is 16.4. The Hall–Kier alpha value is -1.21. The lowest BCUT2D eigenvalue weighted by molar-refractivity contribution is -0.121. The van der Waals surface area contributed by atoms with Crippen LogP contribution in [0.2, 0.25) is 0 Å². The maximum Gasteiger partial charge on any atom is 0.220 e. The summed E-state index contributed by atoms with van der Waals surface area (Å²) in [7, 11) is 0. The Labute approximate surface area is 164 Å². The molecule has 1 fully saturated rings. The van der Waals surface area contributed by atoms with Gasteiger partial charge in [0.15, 0.2) is 0 Å². The van der Waals surface area contributed by atoms with Gasteiger partial charge in [-0.2, -0.15) is 0 Å². The minimum atomic E-state index is 0. The molecule has 25 heavy (non-hydrogen) atoms. The molecule has 1 saturated heterocycles. The van der Waals surface area contributed by atoms with Crippen molar-refractivity contribution >= 4 is 42.1 Å². The van der Waals surface area contributed by atoms with Crippen molar-refractivity contribution in [3.8, 4) is 11.4 Å². The standard InChI is InChI=1S/C17H22N4OS.2ClH/c22-16(5-4-13-6-9-18-11-13)20-10-7-17-21-15(12-23-17)14-3-1-2-8-19-14;;/h1-3,8,12-13,18H,4-7,9-11H2,(H,20,22);2*1H. The topological polar surface area (TPSA) is 66.9 Å². The van der Waals surface area contributed by atoms with E-state index in [1.54, 1.807) is 17.5 Å². The molecular weight excluding hydrogens is 379 g/mol. The van der Waals surface area contributed by atoms with Crippen LogP contribution in [-0.2, 0) is 11.2 Å². The van der Waals surface area contributed by atoms with Gasteiger partial charge in [-0.3, -0.25) is 9.78 Å². The number of nitrogens with zero attached hydrogens (tertiary/aromatic N) is 2. The van der Waals surface area contributed by atoms with E-state index >= 15 is 0 Å². The van der Waals surface area contributed by atoms with Gasteiger partial charge in [-0.1, -0.05) is 6.07 Å². The molecule has 2 aromatic heterocycles. The quantitative estimate of drug-likeness (QED) is 0.746. The summed E-state index contributed by atoms with van der Waals surface area (Å²) in [5.74, 6) is 0.819. The summed E-state index contributed by atoms with van der Waals surface area (Å²) >= 11 is 1.62. The van der Waals surface area contributed by atoms with Crippen LogP contribution in [0.4, 0.5) is 0 Å². The molecule has 1 aliphatic heterocycles. The first-order chi connectivity index (χ1) is 11.3. The fraction of sp³-hybridized carbons (Fsp3) is 0.471. The van der Waals surface area contributed by atoms with Gasteiger partial charge >= 0.3 is 0 Å². The highest BCUT2D eigenvalue weighted by atomic mass is 35.5. The predicted octanol–water partition coefficient (Wildman–Crippen LogP) is 3.10. The Morgan fingerprint density at radius 2 is 2.20 bits per heavy atom. The van der Waals surface area contributed by atoms with Crippen molar-refractivity contribution in [3.05, 3.63) is 34.8 Å². The molecule has 0 radical (unpaired) electrons. The number of rotatable bonds is 7. The van der Waals surface area contributed by atoms with Crippen LogP contribution in [0.1, 0.15) is 24.3 Å². The average Bonchev–Trinajstić information content (AvgIpc) is 3.26. The Balaban J connectivity index is 0.00000156. The molecule has 0 aliphatic carbocycles. The number of hydrogen-bond donors (Lipinski definition) is 2. The predicted molar refractivity (Wildman–Crippen MR) is 107 cm³/mol. The van der Waals surface area contributed by atoms with Crippen LogP contribution < -0.4 is 10.6 Å². The summed E-state index contributed by atoms with van der Waals surface area (Å²) in [6, 6.07) is 5.81. The molecular formula is C17H24Cl2N4OS. The van der Waals surface area contributed by atoms with Gasteiger partial charge in [-0.15, -0.1) is 36.2 Å². The summed E-state index contributed by atoms with van der Waals surface area (Å²) in [5.41, 5.74) is 1.80. The van der Waals surface area contributed by atoms with E-state index in [2.05, 4.69) is 20.6 Å². The number of nitrogens with one attached hydrogen (secondary N) is 2. The lowest BCUT2D eigenvalue weighted by Crippen LogP contribution is -2.26. The second-order valence-electron chi connectivity index (χ2n) is 5.84. The van der Waals surface area contributed by atoms with E-state index < -0.39 is 0 Å². The summed E-state index contributed by atoms with van der Waals surface area (Å²) < 4.78 is 0. The number of thiazole rings is 1. The normalized spacial score (nSPS) is 15.9. The number of hydrogen-bond acceptors (Lipinski definition) is 5. The van der Waals surface area contributed by atoms with Gasteiger partial charge in [-0.05, 0) is 44.0 Å². The first-order valence-electron chi connectivity index (χ1n) is 8.14. The van der Waals surface area contributed by atoms with Crippen molar-refractivity contribution in [2.24, 2.45) is 5.92 Å². The van der Waals surface area contributed by atoms with Gasteiger partial charge in [0.2, 0.25) is 5.91 Å². The van der Waals surface area contributed by atoms with Crippen molar-refractivity contribution in [3.63, 3.8) is 0 Å². The van der Waals surface area contributed by atoms with Gasteiger partial charge in [0.1, 0.15) is 0 Å². The highest BCUT2D eigenvalue weighted by molar-refractivity contribution is 7.09. The number of halogens is 2. The molecule has 2 aromatic rings. The minimum absolute atomic E-state index is 0. The molecule has 1 unspecified atom stereocenters. The molecule has 0 spiro atoms. The smallest absolute Gasteiger partial charge is 0.220 e. The van der Waals surface area contributed by atoms with Crippen LogP contribution in [0.25, 0.3) is 11.4 Å². The maximum absolute atomic E-state index is 11.9. The molecule has 3 rings (SSSR count). The van der Waals surface area contributed by atoms with E-state index in [0.29, 0.717) is 18.9 Å². The van der Waals surface area contributed by atoms with Crippen molar-refractivity contribution in [2.45, 2.75) is 25.7 Å². The van der Waals surface area contributed by atoms with E-state index in [0.717, 1.165) is 42.3 Å². The minimum Gasteiger partial charge on any atom is -0.356 e. The van der Waals surface area contributed by atoms with Crippen molar-refractivity contribution < 1.29 is 4.79 Å². The zero-order chi connectivity index (χ0) is 15.9. The highest BCUT2D eigenvalue weighted by Crippen LogP contribution is 2.19. The fourth-order valence-corrected chi connectivity index (χ4v) is 3.54. The Kier molecular flexibility index (Phi) is 9.97. The molecule has 0 aromatic carbocycles. The van der Waals surface area contributed by atoms with Crippen molar-refractivity contribution in [1.29, 1.82) is 0 Å². The third-order valence-electron chi connectivity index (χ3n) is 4.08. The number of pyridine rings is 1.